The van der Waals surface area contributed by atoms with Crippen LogP contribution in [-0.2, 0) is 13.1 Å². The first kappa shape index (κ1) is 12.1. The summed E-state index contributed by atoms with van der Waals surface area (Å²) in [6.45, 7) is 1.80. The molecular weight excluding hydrogens is 306 g/mol. The molecule has 5 heteroatoms. The predicted molar refractivity (Wildman–Crippen MR) is 73.4 cm³/mol. The molecule has 0 amide bonds. The van der Waals surface area contributed by atoms with Crippen LogP contribution >= 0.6 is 38.6 Å². The fourth-order valence-electron chi connectivity index (χ4n) is 1.35. The molecule has 16 heavy (non-hydrogen) atoms. The average molecular weight is 318 g/mol. The molecule has 0 bridgehead atoms. The van der Waals surface area contributed by atoms with E-state index < -0.39 is 0 Å². The van der Waals surface area contributed by atoms with Gasteiger partial charge < -0.3 is 10.1 Å². The van der Waals surface area contributed by atoms with E-state index in [4.69, 9.17) is 4.74 Å². The summed E-state index contributed by atoms with van der Waals surface area (Å²) in [7, 11) is 1.69. The maximum absolute atomic E-state index is 5.22. The van der Waals surface area contributed by atoms with Gasteiger partial charge in [0, 0.05) is 18.0 Å². The van der Waals surface area contributed by atoms with Crippen molar-refractivity contribution in [3.63, 3.8) is 0 Å². The van der Waals surface area contributed by atoms with Crippen molar-refractivity contribution in [1.29, 1.82) is 0 Å². The maximum Gasteiger partial charge on any atom is 0.188 e. The lowest BCUT2D eigenvalue weighted by Gasteiger charge is -2.00. The highest BCUT2D eigenvalue weighted by molar-refractivity contribution is 9.10. The lowest BCUT2D eigenvalue weighted by atomic mass is 10.3. The first-order chi connectivity index (χ1) is 7.79. The van der Waals surface area contributed by atoms with E-state index in [1.807, 2.05) is 0 Å². The molecule has 2 rings (SSSR count). The van der Waals surface area contributed by atoms with E-state index in [0.29, 0.717) is 0 Å². The molecule has 0 spiro atoms. The maximum atomic E-state index is 5.22. The number of halogens is 1. The topological polar surface area (TPSA) is 21.3 Å². The van der Waals surface area contributed by atoms with Crippen molar-refractivity contribution < 1.29 is 4.74 Å². The summed E-state index contributed by atoms with van der Waals surface area (Å²) in [5.41, 5.74) is 1.34. The molecule has 0 fully saturated rings. The first-order valence-electron chi connectivity index (χ1n) is 4.83. The van der Waals surface area contributed by atoms with Gasteiger partial charge in [0.05, 0.1) is 11.6 Å². The molecule has 0 aliphatic carbocycles. The van der Waals surface area contributed by atoms with Crippen LogP contribution in [0.15, 0.2) is 27.4 Å². The Kier molecular flexibility index (Phi) is 4.40. The second kappa shape index (κ2) is 5.82. The van der Waals surface area contributed by atoms with E-state index in [-0.39, 0.29) is 0 Å². The van der Waals surface area contributed by atoms with Crippen LogP contribution in [0.3, 0.4) is 0 Å². The molecule has 0 radical (unpaired) electrons. The van der Waals surface area contributed by atoms with Crippen LogP contribution in [0.2, 0.25) is 0 Å². The van der Waals surface area contributed by atoms with Gasteiger partial charge in [-0.25, -0.2) is 0 Å². The quantitative estimate of drug-likeness (QED) is 0.903. The minimum atomic E-state index is 0.877. The summed E-state index contributed by atoms with van der Waals surface area (Å²) in [6, 6.07) is 4.24. The number of hydrogen-bond donors (Lipinski definition) is 1. The molecule has 2 nitrogen and oxygen atoms in total. The predicted octanol–water partition coefficient (Wildman–Crippen LogP) is 3.87. The Morgan fingerprint density at radius 1 is 1.44 bits per heavy atom. The molecule has 1 N–H and O–H groups in total. The molecule has 2 aromatic heterocycles. The van der Waals surface area contributed by atoms with Crippen molar-refractivity contribution >= 4 is 38.6 Å². The smallest absolute Gasteiger partial charge is 0.188 e. The van der Waals surface area contributed by atoms with Crippen molar-refractivity contribution in [1.82, 2.24) is 5.32 Å². The summed E-state index contributed by atoms with van der Waals surface area (Å²) in [5, 5.41) is 8.61. The Morgan fingerprint density at radius 2 is 2.31 bits per heavy atom. The summed E-state index contributed by atoms with van der Waals surface area (Å²) in [5.74, 6) is 0. The Balaban J connectivity index is 1.85. The molecule has 86 valence electrons. The number of ether oxygens (including phenoxy) is 1. The van der Waals surface area contributed by atoms with Crippen LogP contribution in [0.5, 0.6) is 5.06 Å². The summed E-state index contributed by atoms with van der Waals surface area (Å²) < 4.78 is 6.26. The van der Waals surface area contributed by atoms with Crippen LogP contribution in [-0.4, -0.2) is 7.11 Å². The van der Waals surface area contributed by atoms with E-state index in [1.165, 1.54) is 10.4 Å². The zero-order valence-electron chi connectivity index (χ0n) is 8.83. The minimum Gasteiger partial charge on any atom is -0.486 e. The van der Waals surface area contributed by atoms with E-state index in [0.717, 1.165) is 22.6 Å². The molecule has 0 atom stereocenters. The molecule has 0 aliphatic rings. The van der Waals surface area contributed by atoms with E-state index in [9.17, 15) is 0 Å². The standard InChI is InChI=1S/C11H12BrNOS2/c1-14-11-10(12)4-9(16-11)6-13-5-8-2-3-15-7-8/h2-4,7,13H,5-6H2,1H3. The van der Waals surface area contributed by atoms with Crippen LogP contribution in [0, 0.1) is 0 Å². The van der Waals surface area contributed by atoms with Crippen molar-refractivity contribution in [3.8, 4) is 5.06 Å². The van der Waals surface area contributed by atoms with Gasteiger partial charge in [0.2, 0.25) is 0 Å². The monoisotopic (exact) mass is 317 g/mol. The molecule has 2 aromatic rings. The Hall–Kier alpha value is -0.360. The summed E-state index contributed by atoms with van der Waals surface area (Å²) in [4.78, 5) is 1.28. The fourth-order valence-corrected chi connectivity index (χ4v) is 3.68. The van der Waals surface area contributed by atoms with Crippen LogP contribution < -0.4 is 10.1 Å². The largest absolute Gasteiger partial charge is 0.486 e. The minimum absolute atomic E-state index is 0.877. The zero-order chi connectivity index (χ0) is 11.4. The second-order valence-corrected chi connectivity index (χ2v) is 6.02. The second-order valence-electron chi connectivity index (χ2n) is 3.29. The van der Waals surface area contributed by atoms with Crippen LogP contribution in [0.4, 0.5) is 0 Å². The van der Waals surface area contributed by atoms with Crippen molar-refractivity contribution in [2.24, 2.45) is 0 Å². The van der Waals surface area contributed by atoms with Crippen LogP contribution in [0.1, 0.15) is 10.4 Å². The first-order valence-corrected chi connectivity index (χ1v) is 7.39. The lowest BCUT2D eigenvalue weighted by Crippen LogP contribution is -2.10. The lowest BCUT2D eigenvalue weighted by molar-refractivity contribution is 0.425. The van der Waals surface area contributed by atoms with Gasteiger partial charge in [-0.05, 0) is 44.4 Å². The molecular formula is C11H12BrNOS2. The average Bonchev–Trinajstić information content (AvgIpc) is 2.88. The number of methoxy groups -OCH3 is 1. The van der Waals surface area contributed by atoms with Gasteiger partial charge >= 0.3 is 0 Å². The highest BCUT2D eigenvalue weighted by Crippen LogP contribution is 2.34. The molecule has 0 aromatic carbocycles. The van der Waals surface area contributed by atoms with Crippen molar-refractivity contribution in [3.05, 3.63) is 37.8 Å². The van der Waals surface area contributed by atoms with Gasteiger partial charge in [-0.1, -0.05) is 0 Å². The van der Waals surface area contributed by atoms with Crippen LogP contribution in [0.25, 0.3) is 0 Å². The van der Waals surface area contributed by atoms with E-state index in [2.05, 4.69) is 44.1 Å². The number of nitrogens with one attached hydrogen (secondary N) is 1. The van der Waals surface area contributed by atoms with Gasteiger partial charge in [-0.3, -0.25) is 0 Å². The van der Waals surface area contributed by atoms with E-state index >= 15 is 0 Å². The molecule has 2 heterocycles. The molecule has 0 saturated heterocycles. The third-order valence-corrected chi connectivity index (χ3v) is 4.78. The SMILES string of the molecule is COc1sc(CNCc2ccsc2)cc1Br. The normalized spacial score (nSPS) is 10.6. The third kappa shape index (κ3) is 3.07. The highest BCUT2D eigenvalue weighted by atomic mass is 79.9. The highest BCUT2D eigenvalue weighted by Gasteiger charge is 2.06. The van der Waals surface area contributed by atoms with Gasteiger partial charge in [-0.15, -0.1) is 11.3 Å². The molecule has 0 saturated carbocycles. The van der Waals surface area contributed by atoms with Gasteiger partial charge in [0.1, 0.15) is 0 Å². The Morgan fingerprint density at radius 3 is 2.94 bits per heavy atom. The van der Waals surface area contributed by atoms with Crippen molar-refractivity contribution in [2.75, 3.05) is 7.11 Å². The number of thiophene rings is 2. The van der Waals surface area contributed by atoms with E-state index in [1.54, 1.807) is 29.8 Å². The van der Waals surface area contributed by atoms with Gasteiger partial charge in [0.25, 0.3) is 0 Å². The Labute approximate surface area is 111 Å². The number of rotatable bonds is 5. The fraction of sp³-hybridized carbons (Fsp3) is 0.273. The van der Waals surface area contributed by atoms with Crippen molar-refractivity contribution in [2.45, 2.75) is 13.1 Å². The summed E-state index contributed by atoms with van der Waals surface area (Å²) in [6.07, 6.45) is 0. The molecule has 0 aliphatic heterocycles. The number of hydrogen-bond acceptors (Lipinski definition) is 4. The zero-order valence-corrected chi connectivity index (χ0v) is 12.0. The Bertz CT molecular complexity index is 439. The van der Waals surface area contributed by atoms with Gasteiger partial charge in [-0.2, -0.15) is 11.3 Å². The third-order valence-electron chi connectivity index (χ3n) is 2.10. The summed E-state index contributed by atoms with van der Waals surface area (Å²) >= 11 is 6.87. The van der Waals surface area contributed by atoms with Gasteiger partial charge in [0.15, 0.2) is 5.06 Å². The molecule has 0 unspecified atom stereocenters.